The van der Waals surface area contributed by atoms with E-state index >= 15 is 0 Å². The van der Waals surface area contributed by atoms with E-state index in [4.69, 9.17) is 10.5 Å². The molecule has 0 unspecified atom stereocenters. The van der Waals surface area contributed by atoms with Crippen LogP contribution in [-0.4, -0.2) is 26.6 Å². The molecule has 2 heterocycles. The number of aryl methyl sites for hydroxylation is 1. The molecule has 0 aromatic carbocycles. The van der Waals surface area contributed by atoms with Gasteiger partial charge in [-0.25, -0.2) is 9.97 Å². The molecule has 0 saturated heterocycles. The van der Waals surface area contributed by atoms with Crippen molar-refractivity contribution in [1.29, 1.82) is 10.5 Å². The summed E-state index contributed by atoms with van der Waals surface area (Å²) in [6, 6.07) is 6.36. The molecular weight excluding hydrogens is 296 g/mol. The van der Waals surface area contributed by atoms with E-state index in [0.29, 0.717) is 17.2 Å². The van der Waals surface area contributed by atoms with Crippen molar-refractivity contribution in [1.82, 2.24) is 15.0 Å². The van der Waals surface area contributed by atoms with E-state index in [2.05, 4.69) is 30.8 Å². The smallest absolute Gasteiger partial charge is 0.277 e. The summed E-state index contributed by atoms with van der Waals surface area (Å²) >= 11 is 0. The Labute approximate surface area is 131 Å². The molecule has 112 valence electrons. The van der Waals surface area contributed by atoms with Gasteiger partial charge in [0.05, 0.1) is 23.8 Å². The first-order valence-corrected chi connectivity index (χ1v) is 6.32. The second-order valence-electron chi connectivity index (χ2n) is 4.23. The number of aromatic nitrogens is 3. The zero-order valence-corrected chi connectivity index (χ0v) is 12.0. The molecule has 9 heteroatoms. The van der Waals surface area contributed by atoms with Gasteiger partial charge in [0.25, 0.3) is 5.91 Å². The molecule has 23 heavy (non-hydrogen) atoms. The van der Waals surface area contributed by atoms with Gasteiger partial charge in [-0.15, -0.1) is 0 Å². The normalized spacial score (nSPS) is 9.17. The molecule has 0 fully saturated rings. The van der Waals surface area contributed by atoms with Crippen molar-refractivity contribution in [2.24, 2.45) is 5.10 Å². The Hall–Kier alpha value is -3.85. The van der Waals surface area contributed by atoms with E-state index in [1.165, 1.54) is 24.7 Å². The zero-order valence-electron chi connectivity index (χ0n) is 12.0. The molecule has 2 rings (SSSR count). The van der Waals surface area contributed by atoms with Crippen molar-refractivity contribution in [3.05, 3.63) is 42.1 Å². The second-order valence-corrected chi connectivity index (χ2v) is 4.23. The molecule has 0 radical (unpaired) electrons. The Kier molecular flexibility index (Phi) is 4.89. The first-order valence-electron chi connectivity index (χ1n) is 6.32. The number of rotatable bonds is 4. The lowest BCUT2D eigenvalue weighted by molar-refractivity contribution is 0.102. The summed E-state index contributed by atoms with van der Waals surface area (Å²) in [7, 11) is 0. The minimum Gasteiger partial charge on any atom is -0.305 e. The van der Waals surface area contributed by atoms with Gasteiger partial charge in [0.15, 0.2) is 0 Å². The Morgan fingerprint density at radius 3 is 2.48 bits per heavy atom. The van der Waals surface area contributed by atoms with Gasteiger partial charge < -0.3 is 5.32 Å². The van der Waals surface area contributed by atoms with Crippen molar-refractivity contribution in [3.63, 3.8) is 0 Å². The molecular formula is C14H10N8O. The summed E-state index contributed by atoms with van der Waals surface area (Å²) in [5.41, 5.74) is 3.55. The van der Waals surface area contributed by atoms with Gasteiger partial charge in [0.1, 0.15) is 23.7 Å². The lowest BCUT2D eigenvalue weighted by Crippen LogP contribution is -2.15. The van der Waals surface area contributed by atoms with Crippen LogP contribution in [0.2, 0.25) is 0 Å². The van der Waals surface area contributed by atoms with Crippen LogP contribution in [0.5, 0.6) is 0 Å². The summed E-state index contributed by atoms with van der Waals surface area (Å²) in [6.07, 6.45) is 4.27. The number of amides is 1. The molecule has 0 aliphatic rings. The average Bonchev–Trinajstić information content (AvgIpc) is 2.58. The van der Waals surface area contributed by atoms with E-state index in [1.807, 2.05) is 0 Å². The molecule has 0 saturated carbocycles. The summed E-state index contributed by atoms with van der Waals surface area (Å²) in [5, 5.41) is 23.3. The van der Waals surface area contributed by atoms with Gasteiger partial charge in [-0.2, -0.15) is 15.6 Å². The number of nitriles is 2. The molecule has 2 N–H and O–H groups in total. The number of anilines is 2. The van der Waals surface area contributed by atoms with Gasteiger partial charge in [0.2, 0.25) is 5.71 Å². The van der Waals surface area contributed by atoms with Crippen molar-refractivity contribution in [2.75, 3.05) is 10.7 Å². The first kappa shape index (κ1) is 15.5. The van der Waals surface area contributed by atoms with E-state index in [9.17, 15) is 4.79 Å². The fourth-order valence-electron chi connectivity index (χ4n) is 1.42. The van der Waals surface area contributed by atoms with E-state index in [0.717, 1.165) is 0 Å². The molecule has 0 aliphatic carbocycles. The molecule has 2 aromatic rings. The van der Waals surface area contributed by atoms with Crippen LogP contribution in [0.4, 0.5) is 11.5 Å². The lowest BCUT2D eigenvalue weighted by atomic mass is 10.3. The Balaban J connectivity index is 2.01. The number of carbonyl (C=O) groups excluding carboxylic acids is 1. The number of nitrogens with one attached hydrogen (secondary N) is 2. The minimum absolute atomic E-state index is 0.178. The maximum atomic E-state index is 11.9. The fourth-order valence-corrected chi connectivity index (χ4v) is 1.42. The van der Waals surface area contributed by atoms with Gasteiger partial charge in [-0.1, -0.05) is 0 Å². The maximum Gasteiger partial charge on any atom is 0.277 e. The molecule has 2 aromatic heterocycles. The van der Waals surface area contributed by atoms with Crippen LogP contribution in [0.15, 0.2) is 35.8 Å². The van der Waals surface area contributed by atoms with Crippen LogP contribution in [0.25, 0.3) is 0 Å². The van der Waals surface area contributed by atoms with Crippen molar-refractivity contribution >= 4 is 23.1 Å². The molecule has 0 aliphatic heterocycles. The number of hydrogen-bond donors (Lipinski definition) is 2. The van der Waals surface area contributed by atoms with Crippen molar-refractivity contribution in [2.45, 2.75) is 6.92 Å². The highest BCUT2D eigenvalue weighted by atomic mass is 16.1. The number of nitrogens with zero attached hydrogens (tertiary/aromatic N) is 6. The van der Waals surface area contributed by atoms with Crippen LogP contribution >= 0.6 is 0 Å². The predicted octanol–water partition coefficient (Wildman–Crippen LogP) is 1.25. The summed E-state index contributed by atoms with van der Waals surface area (Å²) in [4.78, 5) is 23.9. The third-order valence-corrected chi connectivity index (χ3v) is 2.53. The number of hydrazone groups is 1. The predicted molar refractivity (Wildman–Crippen MR) is 81.2 cm³/mol. The largest absolute Gasteiger partial charge is 0.305 e. The Morgan fingerprint density at radius 2 is 1.91 bits per heavy atom. The summed E-state index contributed by atoms with van der Waals surface area (Å²) < 4.78 is 0. The third-order valence-electron chi connectivity index (χ3n) is 2.53. The van der Waals surface area contributed by atoms with E-state index in [-0.39, 0.29) is 11.4 Å². The standard InChI is InChI=1S/C14H10N8O/c1-9-6-18-12(8-17-9)14(23)20-13-3-2-10(7-19-13)21-22-11(4-15)5-16/h2-3,6-8,21H,1H3,(H,19,20,23). The molecule has 0 spiro atoms. The average molecular weight is 306 g/mol. The lowest BCUT2D eigenvalue weighted by Gasteiger charge is -2.05. The highest BCUT2D eigenvalue weighted by molar-refractivity contribution is 6.10. The van der Waals surface area contributed by atoms with Gasteiger partial charge >= 0.3 is 0 Å². The molecule has 0 bridgehead atoms. The number of pyridine rings is 1. The highest BCUT2D eigenvalue weighted by Gasteiger charge is 2.08. The summed E-state index contributed by atoms with van der Waals surface area (Å²) in [5.74, 6) is -0.118. The first-order chi connectivity index (χ1) is 11.1. The quantitative estimate of drug-likeness (QED) is 0.639. The highest BCUT2D eigenvalue weighted by Crippen LogP contribution is 2.10. The maximum absolute atomic E-state index is 11.9. The summed E-state index contributed by atoms with van der Waals surface area (Å²) in [6.45, 7) is 1.77. The minimum atomic E-state index is -0.431. The van der Waals surface area contributed by atoms with Crippen molar-refractivity contribution < 1.29 is 4.79 Å². The Bertz CT molecular complexity index is 796. The fraction of sp³-hybridized carbons (Fsp3) is 0.0714. The molecule has 9 nitrogen and oxygen atoms in total. The molecule has 1 amide bonds. The van der Waals surface area contributed by atoms with Crippen LogP contribution in [0.1, 0.15) is 16.2 Å². The molecule has 0 atom stereocenters. The number of hydrogen-bond acceptors (Lipinski definition) is 8. The Morgan fingerprint density at radius 1 is 1.13 bits per heavy atom. The van der Waals surface area contributed by atoms with E-state index in [1.54, 1.807) is 25.1 Å². The van der Waals surface area contributed by atoms with Crippen LogP contribution in [-0.2, 0) is 0 Å². The van der Waals surface area contributed by atoms with Gasteiger partial charge in [-0.3, -0.25) is 15.2 Å². The van der Waals surface area contributed by atoms with Crippen LogP contribution < -0.4 is 10.7 Å². The third kappa shape index (κ3) is 4.31. The number of carbonyl (C=O) groups is 1. The topological polar surface area (TPSA) is 140 Å². The second kappa shape index (κ2) is 7.24. The SMILES string of the molecule is Cc1cnc(C(=O)Nc2ccc(NN=C(C#N)C#N)cn2)cn1. The monoisotopic (exact) mass is 306 g/mol. The van der Waals surface area contributed by atoms with Crippen LogP contribution in [0, 0.1) is 29.6 Å². The van der Waals surface area contributed by atoms with Crippen molar-refractivity contribution in [3.8, 4) is 12.1 Å². The van der Waals surface area contributed by atoms with Gasteiger partial charge in [0, 0.05) is 6.20 Å². The van der Waals surface area contributed by atoms with Gasteiger partial charge in [-0.05, 0) is 19.1 Å². The van der Waals surface area contributed by atoms with E-state index < -0.39 is 5.91 Å². The van der Waals surface area contributed by atoms with Crippen LogP contribution in [0.3, 0.4) is 0 Å². The zero-order chi connectivity index (χ0) is 16.7.